The quantitative estimate of drug-likeness (QED) is 0.781. The van der Waals surface area contributed by atoms with Crippen LogP contribution in [0.4, 0.5) is 5.82 Å². The summed E-state index contributed by atoms with van der Waals surface area (Å²) < 4.78 is 0. The molecular formula is C13H22ClN3O. The highest BCUT2D eigenvalue weighted by molar-refractivity contribution is 6.30. The zero-order valence-corrected chi connectivity index (χ0v) is 12.3. The summed E-state index contributed by atoms with van der Waals surface area (Å²) in [5.41, 5.74) is 0.825. The fraction of sp³-hybridized carbons (Fsp3) is 0.692. The summed E-state index contributed by atoms with van der Waals surface area (Å²) in [6.07, 6.45) is 1.14. The van der Waals surface area contributed by atoms with Gasteiger partial charge in [0.2, 0.25) is 0 Å². The van der Waals surface area contributed by atoms with Crippen LogP contribution in [0.5, 0.6) is 0 Å². The Bertz CT molecular complexity index is 396. The Balaban J connectivity index is 2.69. The van der Waals surface area contributed by atoms with Gasteiger partial charge in [-0.15, -0.1) is 0 Å². The van der Waals surface area contributed by atoms with Gasteiger partial charge in [-0.1, -0.05) is 32.4 Å². The fourth-order valence-corrected chi connectivity index (χ4v) is 1.89. The lowest BCUT2D eigenvalue weighted by atomic mass is 10.1. The minimum Gasteiger partial charge on any atom is -0.391 e. The molecule has 102 valence electrons. The topological polar surface area (TPSA) is 58.0 Å². The maximum atomic E-state index is 9.83. The molecule has 1 aromatic rings. The summed E-state index contributed by atoms with van der Waals surface area (Å²) >= 11 is 6.04. The average Bonchev–Trinajstić information content (AvgIpc) is 2.30. The Morgan fingerprint density at radius 2 is 2.00 bits per heavy atom. The molecule has 4 nitrogen and oxygen atoms in total. The first-order valence-corrected chi connectivity index (χ1v) is 6.76. The Hall–Kier alpha value is -0.870. The highest BCUT2D eigenvalue weighted by atomic mass is 35.5. The van der Waals surface area contributed by atoms with Crippen LogP contribution in [-0.4, -0.2) is 27.7 Å². The highest BCUT2D eigenvalue weighted by Gasteiger charge is 2.11. The summed E-state index contributed by atoms with van der Waals surface area (Å²) in [6.45, 7) is 8.52. The fourth-order valence-electron chi connectivity index (χ4n) is 1.70. The van der Waals surface area contributed by atoms with Gasteiger partial charge in [-0.25, -0.2) is 9.97 Å². The Labute approximate surface area is 114 Å². The molecular weight excluding hydrogens is 250 g/mol. The molecule has 1 rings (SSSR count). The number of aliphatic hydroxyl groups is 1. The molecule has 2 N–H and O–H groups in total. The summed E-state index contributed by atoms with van der Waals surface area (Å²) in [5, 5.41) is 13.5. The number of aliphatic hydroxyl groups excluding tert-OH is 1. The van der Waals surface area contributed by atoms with Gasteiger partial charge < -0.3 is 10.4 Å². The van der Waals surface area contributed by atoms with Crippen LogP contribution in [-0.2, 0) is 6.42 Å². The second kappa shape index (κ2) is 6.90. The molecule has 0 saturated carbocycles. The van der Waals surface area contributed by atoms with Gasteiger partial charge in [0.1, 0.15) is 16.8 Å². The van der Waals surface area contributed by atoms with Crippen molar-refractivity contribution in [3.05, 3.63) is 16.5 Å². The van der Waals surface area contributed by atoms with Crippen LogP contribution in [0.2, 0.25) is 5.15 Å². The van der Waals surface area contributed by atoms with Crippen LogP contribution in [0.15, 0.2) is 0 Å². The number of rotatable bonds is 6. The molecule has 1 aromatic heterocycles. The maximum Gasteiger partial charge on any atom is 0.137 e. The van der Waals surface area contributed by atoms with Crippen molar-refractivity contribution in [2.45, 2.75) is 46.6 Å². The molecule has 0 radical (unpaired) electrons. The lowest BCUT2D eigenvalue weighted by Crippen LogP contribution is -2.22. The van der Waals surface area contributed by atoms with Gasteiger partial charge in [0.05, 0.1) is 6.10 Å². The van der Waals surface area contributed by atoms with Crippen molar-refractivity contribution in [3.8, 4) is 0 Å². The lowest BCUT2D eigenvalue weighted by Gasteiger charge is -2.16. The van der Waals surface area contributed by atoms with E-state index in [-0.39, 0.29) is 6.10 Å². The van der Waals surface area contributed by atoms with Crippen molar-refractivity contribution in [2.75, 3.05) is 11.9 Å². The molecule has 1 atom stereocenters. The van der Waals surface area contributed by atoms with E-state index >= 15 is 0 Å². The van der Waals surface area contributed by atoms with Crippen molar-refractivity contribution >= 4 is 17.4 Å². The van der Waals surface area contributed by atoms with E-state index in [9.17, 15) is 5.11 Å². The van der Waals surface area contributed by atoms with Crippen molar-refractivity contribution in [3.63, 3.8) is 0 Å². The normalized spacial score (nSPS) is 12.8. The zero-order chi connectivity index (χ0) is 13.7. The number of halogens is 1. The molecule has 1 heterocycles. The number of nitrogens with one attached hydrogen (secondary N) is 1. The maximum absolute atomic E-state index is 9.83. The SMILES string of the molecule is CCc1nc(Cl)c(C)c(NCC(O)CC(C)C)n1. The minimum atomic E-state index is -0.372. The molecule has 0 amide bonds. The number of aromatic nitrogens is 2. The Kier molecular flexibility index (Phi) is 5.82. The summed E-state index contributed by atoms with van der Waals surface area (Å²) in [4.78, 5) is 8.56. The van der Waals surface area contributed by atoms with Crippen LogP contribution in [0, 0.1) is 12.8 Å². The standard InChI is InChI=1S/C13H22ClN3O/c1-5-11-16-12(14)9(4)13(17-11)15-7-10(18)6-8(2)3/h8,10,18H,5-7H2,1-4H3,(H,15,16,17). The molecule has 0 aliphatic heterocycles. The second-order valence-corrected chi connectivity index (χ2v) is 5.28. The molecule has 0 aliphatic carbocycles. The molecule has 5 heteroatoms. The Morgan fingerprint density at radius 3 is 2.56 bits per heavy atom. The molecule has 0 bridgehead atoms. The van der Waals surface area contributed by atoms with Crippen molar-refractivity contribution in [1.82, 2.24) is 9.97 Å². The van der Waals surface area contributed by atoms with E-state index in [0.29, 0.717) is 23.4 Å². The first-order valence-electron chi connectivity index (χ1n) is 6.39. The van der Waals surface area contributed by atoms with Crippen LogP contribution in [0.3, 0.4) is 0 Å². The summed E-state index contributed by atoms with van der Waals surface area (Å²) in [6, 6.07) is 0. The second-order valence-electron chi connectivity index (χ2n) is 4.92. The van der Waals surface area contributed by atoms with E-state index in [0.717, 1.165) is 24.2 Å². The smallest absolute Gasteiger partial charge is 0.137 e. The number of nitrogens with zero attached hydrogens (tertiary/aromatic N) is 2. The van der Waals surface area contributed by atoms with Gasteiger partial charge >= 0.3 is 0 Å². The van der Waals surface area contributed by atoms with Gasteiger partial charge in [-0.05, 0) is 19.3 Å². The predicted octanol–water partition coefficient (Wildman–Crippen LogP) is 2.82. The molecule has 0 saturated heterocycles. The van der Waals surface area contributed by atoms with Crippen molar-refractivity contribution < 1.29 is 5.11 Å². The zero-order valence-electron chi connectivity index (χ0n) is 11.5. The third kappa shape index (κ3) is 4.42. The van der Waals surface area contributed by atoms with E-state index in [4.69, 9.17) is 11.6 Å². The molecule has 0 aromatic carbocycles. The van der Waals surface area contributed by atoms with Gasteiger partial charge in [0.25, 0.3) is 0 Å². The van der Waals surface area contributed by atoms with Crippen molar-refractivity contribution in [1.29, 1.82) is 0 Å². The van der Waals surface area contributed by atoms with Gasteiger partial charge in [-0.3, -0.25) is 0 Å². The van der Waals surface area contributed by atoms with E-state index in [1.165, 1.54) is 0 Å². The van der Waals surface area contributed by atoms with Crippen LogP contribution >= 0.6 is 11.6 Å². The van der Waals surface area contributed by atoms with E-state index < -0.39 is 0 Å². The number of anilines is 1. The Morgan fingerprint density at radius 1 is 1.33 bits per heavy atom. The third-order valence-corrected chi connectivity index (χ3v) is 3.07. The molecule has 0 aliphatic rings. The van der Waals surface area contributed by atoms with Gasteiger partial charge in [0.15, 0.2) is 0 Å². The third-order valence-electron chi connectivity index (χ3n) is 2.70. The lowest BCUT2D eigenvalue weighted by molar-refractivity contribution is 0.161. The molecule has 18 heavy (non-hydrogen) atoms. The number of hydrogen-bond acceptors (Lipinski definition) is 4. The van der Waals surface area contributed by atoms with Crippen LogP contribution in [0.25, 0.3) is 0 Å². The average molecular weight is 272 g/mol. The monoisotopic (exact) mass is 271 g/mol. The largest absolute Gasteiger partial charge is 0.391 e. The van der Waals surface area contributed by atoms with Crippen LogP contribution in [0.1, 0.15) is 38.6 Å². The minimum absolute atomic E-state index is 0.372. The summed E-state index contributed by atoms with van der Waals surface area (Å²) in [7, 11) is 0. The van der Waals surface area contributed by atoms with Gasteiger partial charge in [-0.2, -0.15) is 0 Å². The highest BCUT2D eigenvalue weighted by Crippen LogP contribution is 2.20. The molecule has 0 fully saturated rings. The predicted molar refractivity (Wildman–Crippen MR) is 75.1 cm³/mol. The van der Waals surface area contributed by atoms with E-state index in [1.54, 1.807) is 0 Å². The summed E-state index contributed by atoms with van der Waals surface area (Å²) in [5.74, 6) is 1.91. The molecule has 1 unspecified atom stereocenters. The molecule has 0 spiro atoms. The first kappa shape index (κ1) is 15.2. The van der Waals surface area contributed by atoms with Crippen molar-refractivity contribution in [2.24, 2.45) is 5.92 Å². The van der Waals surface area contributed by atoms with Gasteiger partial charge in [0, 0.05) is 18.5 Å². The van der Waals surface area contributed by atoms with E-state index in [2.05, 4.69) is 29.1 Å². The van der Waals surface area contributed by atoms with Crippen LogP contribution < -0.4 is 5.32 Å². The first-order chi connectivity index (χ1) is 8.43. The number of hydrogen-bond donors (Lipinski definition) is 2. The van der Waals surface area contributed by atoms with E-state index in [1.807, 2.05) is 13.8 Å². The number of aryl methyl sites for hydroxylation is 1.